The minimum atomic E-state index is -0.319. The third-order valence-electron chi connectivity index (χ3n) is 2.03. The van der Waals surface area contributed by atoms with E-state index in [9.17, 15) is 4.79 Å². The summed E-state index contributed by atoms with van der Waals surface area (Å²) < 4.78 is 7.53. The van der Waals surface area contributed by atoms with Crippen molar-refractivity contribution in [3.05, 3.63) is 40.6 Å². The summed E-state index contributed by atoms with van der Waals surface area (Å²) >= 11 is 3.40. The summed E-state index contributed by atoms with van der Waals surface area (Å²) in [5.41, 5.74) is 1.51. The number of fused-ring (bicyclic) bond motifs is 1. The number of carbonyl (C=O) groups excluding carboxylic acids is 1. The van der Waals surface area contributed by atoms with Crippen LogP contribution in [0.15, 0.2) is 35.1 Å². The Kier molecular flexibility index (Phi) is 2.29. The molecule has 2 aromatic heterocycles. The van der Waals surface area contributed by atoms with Gasteiger partial charge in [0.1, 0.15) is 0 Å². The summed E-state index contributed by atoms with van der Waals surface area (Å²) in [7, 11) is 1.37. The van der Waals surface area contributed by atoms with Gasteiger partial charge in [0.05, 0.1) is 18.2 Å². The van der Waals surface area contributed by atoms with E-state index in [4.69, 9.17) is 0 Å². The van der Waals surface area contributed by atoms with Crippen LogP contribution in [0, 0.1) is 0 Å². The summed E-state index contributed by atoms with van der Waals surface area (Å²) in [6, 6.07) is 5.44. The Morgan fingerprint density at radius 1 is 1.43 bits per heavy atom. The van der Waals surface area contributed by atoms with E-state index < -0.39 is 0 Å². The van der Waals surface area contributed by atoms with Gasteiger partial charge in [0, 0.05) is 16.9 Å². The Labute approximate surface area is 89.4 Å². The number of pyridine rings is 1. The highest BCUT2D eigenvalue weighted by Crippen LogP contribution is 2.20. The van der Waals surface area contributed by atoms with Crippen LogP contribution in [0.25, 0.3) is 5.52 Å². The van der Waals surface area contributed by atoms with Crippen molar-refractivity contribution in [2.45, 2.75) is 0 Å². The first-order valence-corrected chi connectivity index (χ1v) is 4.86. The van der Waals surface area contributed by atoms with Gasteiger partial charge in [-0.05, 0) is 34.1 Å². The molecule has 0 saturated heterocycles. The standard InChI is InChI=1S/C10H8BrNO2/c1-14-10(13)7-2-4-12-5-3-8(11)9(12)6-7/h2-6H,1H3. The number of methoxy groups -OCH3 is 1. The van der Waals surface area contributed by atoms with Gasteiger partial charge in [0.25, 0.3) is 0 Å². The predicted octanol–water partition coefficient (Wildman–Crippen LogP) is 2.49. The van der Waals surface area contributed by atoms with E-state index in [1.165, 1.54) is 7.11 Å². The van der Waals surface area contributed by atoms with E-state index in [0.717, 1.165) is 9.99 Å². The molecule has 3 nitrogen and oxygen atoms in total. The highest BCUT2D eigenvalue weighted by Gasteiger charge is 2.07. The molecule has 0 unspecified atom stereocenters. The fourth-order valence-electron chi connectivity index (χ4n) is 1.31. The Morgan fingerprint density at radius 3 is 2.86 bits per heavy atom. The van der Waals surface area contributed by atoms with Crippen LogP contribution >= 0.6 is 15.9 Å². The molecule has 0 aliphatic heterocycles. The van der Waals surface area contributed by atoms with E-state index in [0.29, 0.717) is 5.56 Å². The van der Waals surface area contributed by atoms with Crippen molar-refractivity contribution in [1.29, 1.82) is 0 Å². The van der Waals surface area contributed by atoms with Crippen molar-refractivity contribution in [2.24, 2.45) is 0 Å². The minimum absolute atomic E-state index is 0.319. The van der Waals surface area contributed by atoms with Gasteiger partial charge in [0.2, 0.25) is 0 Å². The van der Waals surface area contributed by atoms with Gasteiger partial charge in [-0.15, -0.1) is 0 Å². The van der Waals surface area contributed by atoms with Crippen LogP contribution in [-0.2, 0) is 4.74 Å². The lowest BCUT2D eigenvalue weighted by molar-refractivity contribution is 0.0601. The summed E-state index contributed by atoms with van der Waals surface area (Å²) in [5, 5.41) is 0. The van der Waals surface area contributed by atoms with Gasteiger partial charge in [-0.1, -0.05) is 0 Å². The van der Waals surface area contributed by atoms with Gasteiger partial charge in [-0.25, -0.2) is 4.79 Å². The maximum Gasteiger partial charge on any atom is 0.337 e. The Morgan fingerprint density at radius 2 is 2.14 bits per heavy atom. The number of carbonyl (C=O) groups is 1. The van der Waals surface area contributed by atoms with Crippen molar-refractivity contribution < 1.29 is 9.53 Å². The molecule has 2 heterocycles. The zero-order valence-electron chi connectivity index (χ0n) is 7.53. The lowest BCUT2D eigenvalue weighted by Crippen LogP contribution is -2.01. The second-order valence-electron chi connectivity index (χ2n) is 2.86. The van der Waals surface area contributed by atoms with E-state index >= 15 is 0 Å². The predicted molar refractivity (Wildman–Crippen MR) is 56.4 cm³/mol. The van der Waals surface area contributed by atoms with Crippen LogP contribution in [0.4, 0.5) is 0 Å². The average molecular weight is 254 g/mol. The van der Waals surface area contributed by atoms with Crippen LogP contribution in [0.5, 0.6) is 0 Å². The molecular weight excluding hydrogens is 246 g/mol. The van der Waals surface area contributed by atoms with E-state index in [1.54, 1.807) is 12.1 Å². The van der Waals surface area contributed by atoms with Crippen molar-refractivity contribution in [1.82, 2.24) is 4.40 Å². The average Bonchev–Trinajstić information content (AvgIpc) is 2.59. The highest BCUT2D eigenvalue weighted by molar-refractivity contribution is 9.10. The Bertz CT molecular complexity index is 490. The molecule has 0 aliphatic carbocycles. The molecule has 0 aromatic carbocycles. The molecule has 2 aromatic rings. The minimum Gasteiger partial charge on any atom is -0.465 e. The van der Waals surface area contributed by atoms with E-state index in [1.807, 2.05) is 22.9 Å². The Hall–Kier alpha value is -1.29. The highest BCUT2D eigenvalue weighted by atomic mass is 79.9. The zero-order chi connectivity index (χ0) is 10.1. The van der Waals surface area contributed by atoms with Crippen LogP contribution in [0.2, 0.25) is 0 Å². The molecule has 0 radical (unpaired) electrons. The lowest BCUT2D eigenvalue weighted by atomic mass is 10.2. The number of halogens is 1. The fraction of sp³-hybridized carbons (Fsp3) is 0.100. The molecule has 0 atom stereocenters. The van der Waals surface area contributed by atoms with Crippen molar-refractivity contribution in [2.75, 3.05) is 7.11 Å². The molecule has 0 aliphatic rings. The summed E-state index contributed by atoms with van der Waals surface area (Å²) in [6.45, 7) is 0. The first kappa shape index (κ1) is 9.27. The van der Waals surface area contributed by atoms with Gasteiger partial charge in [0.15, 0.2) is 0 Å². The molecule has 4 heteroatoms. The molecule has 0 spiro atoms. The normalized spacial score (nSPS) is 10.4. The lowest BCUT2D eigenvalue weighted by Gasteiger charge is -2.00. The molecule has 72 valence electrons. The Balaban J connectivity index is 2.60. The number of aromatic nitrogens is 1. The van der Waals surface area contributed by atoms with Crippen molar-refractivity contribution >= 4 is 27.4 Å². The van der Waals surface area contributed by atoms with Gasteiger partial charge in [-0.2, -0.15) is 0 Å². The summed E-state index contributed by atoms with van der Waals surface area (Å²) in [6.07, 6.45) is 3.74. The molecule has 0 fully saturated rings. The first-order valence-electron chi connectivity index (χ1n) is 4.07. The SMILES string of the molecule is COC(=O)c1ccn2ccc(Br)c2c1. The molecule has 0 bridgehead atoms. The van der Waals surface area contributed by atoms with Crippen molar-refractivity contribution in [3.63, 3.8) is 0 Å². The monoisotopic (exact) mass is 253 g/mol. The van der Waals surface area contributed by atoms with Crippen LogP contribution in [-0.4, -0.2) is 17.5 Å². The fourth-order valence-corrected chi connectivity index (χ4v) is 1.75. The number of rotatable bonds is 1. The molecule has 14 heavy (non-hydrogen) atoms. The van der Waals surface area contributed by atoms with Gasteiger partial charge >= 0.3 is 5.97 Å². The van der Waals surface area contributed by atoms with Crippen molar-refractivity contribution in [3.8, 4) is 0 Å². The summed E-state index contributed by atoms with van der Waals surface area (Å²) in [5.74, 6) is -0.319. The van der Waals surface area contributed by atoms with E-state index in [-0.39, 0.29) is 5.97 Å². The number of esters is 1. The molecule has 0 saturated carbocycles. The topological polar surface area (TPSA) is 30.7 Å². The van der Waals surface area contributed by atoms with Crippen LogP contribution in [0.3, 0.4) is 0 Å². The maximum absolute atomic E-state index is 11.2. The quantitative estimate of drug-likeness (QED) is 0.732. The van der Waals surface area contributed by atoms with Gasteiger partial charge in [-0.3, -0.25) is 0 Å². The number of ether oxygens (including phenoxy) is 1. The first-order chi connectivity index (χ1) is 6.72. The largest absolute Gasteiger partial charge is 0.465 e. The van der Waals surface area contributed by atoms with E-state index in [2.05, 4.69) is 20.7 Å². The second kappa shape index (κ2) is 3.46. The molecule has 0 amide bonds. The molecule has 0 N–H and O–H groups in total. The number of nitrogens with zero attached hydrogens (tertiary/aromatic N) is 1. The summed E-state index contributed by atoms with van der Waals surface area (Å²) in [4.78, 5) is 11.2. The smallest absolute Gasteiger partial charge is 0.337 e. The number of hydrogen-bond acceptors (Lipinski definition) is 2. The second-order valence-corrected chi connectivity index (χ2v) is 3.72. The number of hydrogen-bond donors (Lipinski definition) is 0. The van der Waals surface area contributed by atoms with Crippen LogP contribution < -0.4 is 0 Å². The third kappa shape index (κ3) is 1.42. The zero-order valence-corrected chi connectivity index (χ0v) is 9.11. The van der Waals surface area contributed by atoms with Crippen LogP contribution in [0.1, 0.15) is 10.4 Å². The maximum atomic E-state index is 11.2. The molecule has 2 rings (SSSR count). The molecular formula is C10H8BrNO2. The third-order valence-corrected chi connectivity index (χ3v) is 2.70. The van der Waals surface area contributed by atoms with Gasteiger partial charge < -0.3 is 9.14 Å².